The van der Waals surface area contributed by atoms with Crippen molar-refractivity contribution >= 4 is 9.84 Å². The Morgan fingerprint density at radius 2 is 2.00 bits per heavy atom. The molecule has 5 nitrogen and oxygen atoms in total. The van der Waals surface area contributed by atoms with E-state index in [0.29, 0.717) is 24.3 Å². The fourth-order valence-corrected chi connectivity index (χ4v) is 4.53. The van der Waals surface area contributed by atoms with Crippen molar-refractivity contribution in [1.29, 1.82) is 0 Å². The first-order valence-electron chi connectivity index (χ1n) is 6.58. The Kier molecular flexibility index (Phi) is 2.94. The standard InChI is InChI=1S/C12H19N3O2S/c13-10-2-1-5-15-11(10)8-14-12(15)9-3-6-18(16,17)7-4-9/h8-10H,1-7,13H2. The summed E-state index contributed by atoms with van der Waals surface area (Å²) in [6.07, 6.45) is 5.39. The molecule has 1 saturated heterocycles. The van der Waals surface area contributed by atoms with Crippen LogP contribution < -0.4 is 5.73 Å². The normalized spacial score (nSPS) is 27.9. The molecule has 3 heterocycles. The average Bonchev–Trinajstić information content (AvgIpc) is 2.74. The molecule has 100 valence electrons. The number of rotatable bonds is 1. The zero-order chi connectivity index (χ0) is 12.8. The van der Waals surface area contributed by atoms with E-state index in [0.717, 1.165) is 30.9 Å². The summed E-state index contributed by atoms with van der Waals surface area (Å²) in [4.78, 5) is 4.51. The number of imidazole rings is 1. The lowest BCUT2D eigenvalue weighted by Crippen LogP contribution is -2.27. The highest BCUT2D eigenvalue weighted by atomic mass is 32.2. The van der Waals surface area contributed by atoms with Gasteiger partial charge in [-0.25, -0.2) is 13.4 Å². The molecule has 2 aliphatic heterocycles. The van der Waals surface area contributed by atoms with E-state index >= 15 is 0 Å². The van der Waals surface area contributed by atoms with Crippen molar-refractivity contribution in [3.05, 3.63) is 17.7 Å². The zero-order valence-electron chi connectivity index (χ0n) is 10.4. The minimum Gasteiger partial charge on any atom is -0.330 e. The molecule has 1 fully saturated rings. The number of hydrogen-bond donors (Lipinski definition) is 1. The van der Waals surface area contributed by atoms with Gasteiger partial charge in [-0.3, -0.25) is 0 Å². The number of fused-ring (bicyclic) bond motifs is 1. The largest absolute Gasteiger partial charge is 0.330 e. The van der Waals surface area contributed by atoms with Crippen LogP contribution in [-0.2, 0) is 16.4 Å². The SMILES string of the molecule is NC1CCCn2c1cnc2C1CCS(=O)(=O)CC1. The van der Waals surface area contributed by atoms with Gasteiger partial charge in [0.1, 0.15) is 15.7 Å². The van der Waals surface area contributed by atoms with Crippen LogP contribution in [0.5, 0.6) is 0 Å². The molecule has 2 N–H and O–H groups in total. The molecule has 2 aliphatic rings. The molecular weight excluding hydrogens is 250 g/mol. The third kappa shape index (κ3) is 2.07. The highest BCUT2D eigenvalue weighted by molar-refractivity contribution is 7.91. The maximum Gasteiger partial charge on any atom is 0.150 e. The molecule has 6 heteroatoms. The predicted molar refractivity (Wildman–Crippen MR) is 69.0 cm³/mol. The Hall–Kier alpha value is -0.880. The van der Waals surface area contributed by atoms with Crippen LogP contribution in [0.2, 0.25) is 0 Å². The Bertz CT molecular complexity index is 536. The lowest BCUT2D eigenvalue weighted by Gasteiger charge is -2.26. The summed E-state index contributed by atoms with van der Waals surface area (Å²) in [5.74, 6) is 1.93. The molecule has 1 unspecified atom stereocenters. The van der Waals surface area contributed by atoms with Crippen LogP contribution >= 0.6 is 0 Å². The maximum absolute atomic E-state index is 11.5. The van der Waals surface area contributed by atoms with Crippen molar-refractivity contribution in [3.8, 4) is 0 Å². The number of aromatic nitrogens is 2. The Morgan fingerprint density at radius 1 is 1.28 bits per heavy atom. The minimum absolute atomic E-state index is 0.0901. The molecule has 0 saturated carbocycles. The van der Waals surface area contributed by atoms with Gasteiger partial charge >= 0.3 is 0 Å². The maximum atomic E-state index is 11.5. The molecule has 0 radical (unpaired) electrons. The molecule has 0 spiro atoms. The van der Waals surface area contributed by atoms with E-state index in [1.165, 1.54) is 0 Å². The number of nitrogens with two attached hydrogens (primary N) is 1. The molecule has 18 heavy (non-hydrogen) atoms. The molecule has 0 aromatic carbocycles. The van der Waals surface area contributed by atoms with Crippen LogP contribution in [0.3, 0.4) is 0 Å². The van der Waals surface area contributed by atoms with Gasteiger partial charge in [-0.15, -0.1) is 0 Å². The third-order valence-corrected chi connectivity index (χ3v) is 5.83. The van der Waals surface area contributed by atoms with E-state index in [-0.39, 0.29) is 12.0 Å². The summed E-state index contributed by atoms with van der Waals surface area (Å²) in [6, 6.07) is 0.0901. The van der Waals surface area contributed by atoms with Crippen molar-refractivity contribution in [2.24, 2.45) is 5.73 Å². The van der Waals surface area contributed by atoms with Gasteiger partial charge in [-0.05, 0) is 25.7 Å². The number of sulfone groups is 1. The third-order valence-electron chi connectivity index (χ3n) is 4.11. The topological polar surface area (TPSA) is 78.0 Å². The summed E-state index contributed by atoms with van der Waals surface area (Å²) < 4.78 is 25.1. The van der Waals surface area contributed by atoms with Crippen LogP contribution in [0.4, 0.5) is 0 Å². The fraction of sp³-hybridized carbons (Fsp3) is 0.750. The second-order valence-electron chi connectivity index (χ2n) is 5.37. The first kappa shape index (κ1) is 12.2. The second-order valence-corrected chi connectivity index (χ2v) is 7.67. The smallest absolute Gasteiger partial charge is 0.150 e. The van der Waals surface area contributed by atoms with E-state index in [9.17, 15) is 8.42 Å². The van der Waals surface area contributed by atoms with Gasteiger partial charge in [0.05, 0.1) is 23.4 Å². The molecule has 1 aromatic heterocycles. The molecule has 0 aliphatic carbocycles. The van der Waals surface area contributed by atoms with E-state index < -0.39 is 9.84 Å². The Morgan fingerprint density at radius 3 is 2.72 bits per heavy atom. The summed E-state index contributed by atoms with van der Waals surface area (Å²) in [6.45, 7) is 0.974. The van der Waals surface area contributed by atoms with Crippen molar-refractivity contribution in [1.82, 2.24) is 9.55 Å². The fourth-order valence-electron chi connectivity index (χ4n) is 3.03. The van der Waals surface area contributed by atoms with Gasteiger partial charge in [0, 0.05) is 18.5 Å². The first-order chi connectivity index (χ1) is 8.57. The number of nitrogens with zero attached hydrogens (tertiary/aromatic N) is 2. The second kappa shape index (κ2) is 4.35. The van der Waals surface area contributed by atoms with Gasteiger partial charge in [0.15, 0.2) is 0 Å². The van der Waals surface area contributed by atoms with E-state index in [1.54, 1.807) is 0 Å². The van der Waals surface area contributed by atoms with Gasteiger partial charge in [0.2, 0.25) is 0 Å². The van der Waals surface area contributed by atoms with Crippen molar-refractivity contribution in [2.75, 3.05) is 11.5 Å². The molecule has 0 amide bonds. The summed E-state index contributed by atoms with van der Waals surface area (Å²) in [5, 5.41) is 0. The molecule has 3 rings (SSSR count). The molecular formula is C12H19N3O2S. The summed E-state index contributed by atoms with van der Waals surface area (Å²) in [7, 11) is -2.80. The lowest BCUT2D eigenvalue weighted by atomic mass is 10.0. The predicted octanol–water partition coefficient (Wildman–Crippen LogP) is 0.969. The summed E-state index contributed by atoms with van der Waals surface area (Å²) in [5.41, 5.74) is 7.19. The van der Waals surface area contributed by atoms with Gasteiger partial charge < -0.3 is 10.3 Å². The molecule has 1 atom stereocenters. The highest BCUT2D eigenvalue weighted by Gasteiger charge is 2.30. The minimum atomic E-state index is -2.80. The van der Waals surface area contributed by atoms with Gasteiger partial charge in [-0.1, -0.05) is 0 Å². The van der Waals surface area contributed by atoms with Crippen LogP contribution in [0, 0.1) is 0 Å². The highest BCUT2D eigenvalue weighted by Crippen LogP contribution is 2.32. The van der Waals surface area contributed by atoms with Crippen LogP contribution in [0.15, 0.2) is 6.20 Å². The first-order valence-corrected chi connectivity index (χ1v) is 8.40. The Labute approximate surface area is 107 Å². The molecule has 1 aromatic rings. The van der Waals surface area contributed by atoms with Crippen molar-refractivity contribution in [2.45, 2.75) is 44.2 Å². The van der Waals surface area contributed by atoms with E-state index in [2.05, 4.69) is 9.55 Å². The monoisotopic (exact) mass is 269 g/mol. The quantitative estimate of drug-likeness (QED) is 0.824. The van der Waals surface area contributed by atoms with Crippen molar-refractivity contribution < 1.29 is 8.42 Å². The van der Waals surface area contributed by atoms with E-state index in [4.69, 9.17) is 5.73 Å². The van der Waals surface area contributed by atoms with Gasteiger partial charge in [-0.2, -0.15) is 0 Å². The summed E-state index contributed by atoms with van der Waals surface area (Å²) >= 11 is 0. The zero-order valence-corrected chi connectivity index (χ0v) is 11.2. The van der Waals surface area contributed by atoms with Crippen LogP contribution in [0.1, 0.15) is 49.2 Å². The van der Waals surface area contributed by atoms with E-state index in [1.807, 2.05) is 6.20 Å². The van der Waals surface area contributed by atoms with Crippen molar-refractivity contribution in [3.63, 3.8) is 0 Å². The van der Waals surface area contributed by atoms with Crippen LogP contribution in [-0.4, -0.2) is 29.5 Å². The Balaban J connectivity index is 1.86. The molecule has 0 bridgehead atoms. The average molecular weight is 269 g/mol. The lowest BCUT2D eigenvalue weighted by molar-refractivity contribution is 0.432. The van der Waals surface area contributed by atoms with Crippen LogP contribution in [0.25, 0.3) is 0 Å². The number of hydrogen-bond acceptors (Lipinski definition) is 4. The van der Waals surface area contributed by atoms with Gasteiger partial charge in [0.25, 0.3) is 0 Å².